The molecule has 2 fully saturated rings. The highest BCUT2D eigenvalue weighted by Gasteiger charge is 2.31. The molecule has 1 aromatic carbocycles. The van der Waals surface area contributed by atoms with E-state index in [-0.39, 0.29) is 29.9 Å². The number of hydrogen-bond acceptors (Lipinski definition) is 10. The van der Waals surface area contributed by atoms with Crippen LogP contribution in [0.5, 0.6) is 0 Å². The van der Waals surface area contributed by atoms with Crippen molar-refractivity contribution in [3.8, 4) is 0 Å². The van der Waals surface area contributed by atoms with Gasteiger partial charge in [0.1, 0.15) is 0 Å². The van der Waals surface area contributed by atoms with Crippen LogP contribution in [0.1, 0.15) is 12.8 Å². The summed E-state index contributed by atoms with van der Waals surface area (Å²) in [5.41, 5.74) is 25.8. The van der Waals surface area contributed by atoms with Gasteiger partial charge in [0.05, 0.1) is 16.0 Å². The Labute approximate surface area is 168 Å². The lowest BCUT2D eigenvalue weighted by Crippen LogP contribution is -2.55. The molecule has 0 amide bonds. The van der Waals surface area contributed by atoms with Crippen LogP contribution in [0.25, 0.3) is 11.0 Å². The summed E-state index contributed by atoms with van der Waals surface area (Å²) in [6, 6.07) is 4.19. The van der Waals surface area contributed by atoms with E-state index >= 15 is 0 Å². The van der Waals surface area contributed by atoms with Crippen molar-refractivity contribution in [3.05, 3.63) is 28.3 Å². The highest BCUT2D eigenvalue weighted by Crippen LogP contribution is 2.32. The molecular formula is C18H27N9O2. The molecule has 8 N–H and O–H groups in total. The molecule has 0 radical (unpaired) electrons. The standard InChI is InChI=1S/C18H27N9O2/c19-10-3-11(20)7-25(6-10)17-18(26-8-12(21)4-13(22)9-26)24-16-5-14(27(28)29)1-2-15(16)23-17/h1-2,5,10-13H,3-4,6-9,19-22H2/t10-,11+,12-,13+. The fraction of sp³-hybridized carbons (Fsp3) is 0.556. The smallest absolute Gasteiger partial charge is 0.271 e. The third kappa shape index (κ3) is 4.08. The molecule has 0 saturated carbocycles. The average Bonchev–Trinajstić information content (AvgIpc) is 2.65. The number of hydrogen-bond donors (Lipinski definition) is 4. The van der Waals surface area contributed by atoms with Crippen LogP contribution in [0.3, 0.4) is 0 Å². The number of aromatic nitrogens is 2. The van der Waals surface area contributed by atoms with Crippen LogP contribution in [-0.4, -0.2) is 65.2 Å². The van der Waals surface area contributed by atoms with Crippen LogP contribution in [-0.2, 0) is 0 Å². The SMILES string of the molecule is N[C@@H]1C[C@H](N)CN(c2nc3ccc([N+](=O)[O-])cc3nc2N2C[C@H](N)C[C@H](N)C2)C1. The Morgan fingerprint density at radius 1 is 0.828 bits per heavy atom. The number of rotatable bonds is 3. The Balaban J connectivity index is 1.82. The normalized spacial score (nSPS) is 28.0. The zero-order valence-electron chi connectivity index (χ0n) is 16.1. The molecule has 29 heavy (non-hydrogen) atoms. The minimum atomic E-state index is -0.440. The fourth-order valence-corrected chi connectivity index (χ4v) is 4.27. The highest BCUT2D eigenvalue weighted by atomic mass is 16.6. The molecule has 2 aliphatic rings. The monoisotopic (exact) mass is 401 g/mol. The predicted molar refractivity (Wildman–Crippen MR) is 112 cm³/mol. The maximum Gasteiger partial charge on any atom is 0.271 e. The molecule has 4 atom stereocenters. The summed E-state index contributed by atoms with van der Waals surface area (Å²) in [7, 11) is 0. The zero-order chi connectivity index (χ0) is 20.7. The summed E-state index contributed by atoms with van der Waals surface area (Å²) < 4.78 is 0. The number of nitrogens with two attached hydrogens (primary N) is 4. The molecule has 0 bridgehead atoms. The van der Waals surface area contributed by atoms with Gasteiger partial charge in [0, 0.05) is 62.5 Å². The maximum absolute atomic E-state index is 11.2. The van der Waals surface area contributed by atoms with Crippen molar-refractivity contribution in [2.45, 2.75) is 37.0 Å². The molecular weight excluding hydrogens is 374 g/mol. The third-order valence-electron chi connectivity index (χ3n) is 5.45. The molecule has 11 heteroatoms. The number of piperidine rings is 2. The van der Waals surface area contributed by atoms with Crippen molar-refractivity contribution in [2.24, 2.45) is 22.9 Å². The molecule has 3 heterocycles. The number of nitro groups is 1. The van der Waals surface area contributed by atoms with Gasteiger partial charge in [-0.15, -0.1) is 0 Å². The van der Waals surface area contributed by atoms with Gasteiger partial charge in [-0.05, 0) is 18.9 Å². The molecule has 0 unspecified atom stereocenters. The molecule has 11 nitrogen and oxygen atoms in total. The molecule has 2 saturated heterocycles. The van der Waals surface area contributed by atoms with E-state index in [1.165, 1.54) is 12.1 Å². The number of anilines is 2. The quantitative estimate of drug-likeness (QED) is 0.378. The highest BCUT2D eigenvalue weighted by molar-refractivity contribution is 5.83. The summed E-state index contributed by atoms with van der Waals surface area (Å²) in [5, 5.41) is 11.2. The summed E-state index contributed by atoms with van der Waals surface area (Å²) in [5.74, 6) is 1.28. The van der Waals surface area contributed by atoms with Crippen molar-refractivity contribution >= 4 is 28.4 Å². The van der Waals surface area contributed by atoms with Gasteiger partial charge in [0.25, 0.3) is 5.69 Å². The van der Waals surface area contributed by atoms with Crippen LogP contribution < -0.4 is 32.7 Å². The summed E-state index contributed by atoms with van der Waals surface area (Å²) in [6.07, 6.45) is 1.48. The topological polar surface area (TPSA) is 179 Å². The van der Waals surface area contributed by atoms with E-state index in [4.69, 9.17) is 32.9 Å². The fourth-order valence-electron chi connectivity index (χ4n) is 4.27. The minimum absolute atomic E-state index is 0.0282. The number of nitro benzene ring substituents is 1. The van der Waals surface area contributed by atoms with Gasteiger partial charge >= 0.3 is 0 Å². The molecule has 2 aromatic rings. The van der Waals surface area contributed by atoms with Crippen molar-refractivity contribution in [1.29, 1.82) is 0 Å². The molecule has 2 aliphatic heterocycles. The third-order valence-corrected chi connectivity index (χ3v) is 5.45. The van der Waals surface area contributed by atoms with E-state index in [1.807, 2.05) is 9.80 Å². The van der Waals surface area contributed by atoms with Gasteiger partial charge < -0.3 is 32.7 Å². The number of nitrogens with zero attached hydrogens (tertiary/aromatic N) is 5. The molecule has 156 valence electrons. The number of fused-ring (bicyclic) bond motifs is 1. The van der Waals surface area contributed by atoms with Crippen LogP contribution in [0.2, 0.25) is 0 Å². The van der Waals surface area contributed by atoms with Crippen molar-refractivity contribution < 1.29 is 4.92 Å². The van der Waals surface area contributed by atoms with Gasteiger partial charge in [-0.2, -0.15) is 0 Å². The van der Waals surface area contributed by atoms with Crippen LogP contribution in [0.4, 0.5) is 17.3 Å². The van der Waals surface area contributed by atoms with E-state index in [2.05, 4.69) is 0 Å². The van der Waals surface area contributed by atoms with E-state index < -0.39 is 4.92 Å². The Morgan fingerprint density at radius 3 is 1.72 bits per heavy atom. The van der Waals surface area contributed by atoms with Crippen molar-refractivity contribution in [3.63, 3.8) is 0 Å². The van der Waals surface area contributed by atoms with E-state index in [1.54, 1.807) is 6.07 Å². The van der Waals surface area contributed by atoms with Crippen LogP contribution in [0, 0.1) is 10.1 Å². The Morgan fingerprint density at radius 2 is 1.28 bits per heavy atom. The molecule has 0 aliphatic carbocycles. The first-order valence-corrected chi connectivity index (χ1v) is 9.78. The first-order valence-electron chi connectivity index (χ1n) is 9.78. The summed E-state index contributed by atoms with van der Waals surface area (Å²) in [6.45, 7) is 2.39. The second-order valence-electron chi connectivity index (χ2n) is 8.12. The molecule has 4 rings (SSSR count). The van der Waals surface area contributed by atoms with Gasteiger partial charge in [0.2, 0.25) is 0 Å². The van der Waals surface area contributed by atoms with Crippen molar-refractivity contribution in [2.75, 3.05) is 36.0 Å². The Bertz CT molecular complexity index is 904. The average molecular weight is 401 g/mol. The zero-order valence-corrected chi connectivity index (χ0v) is 16.1. The lowest BCUT2D eigenvalue weighted by Gasteiger charge is -2.40. The minimum Gasteiger partial charge on any atom is -0.350 e. The largest absolute Gasteiger partial charge is 0.350 e. The number of benzene rings is 1. The van der Waals surface area contributed by atoms with E-state index in [0.29, 0.717) is 48.8 Å². The second-order valence-corrected chi connectivity index (χ2v) is 8.12. The first-order chi connectivity index (χ1) is 13.8. The van der Waals surface area contributed by atoms with Gasteiger partial charge in [-0.1, -0.05) is 0 Å². The number of non-ortho nitro benzene ring substituents is 1. The van der Waals surface area contributed by atoms with Crippen molar-refractivity contribution in [1.82, 2.24) is 9.97 Å². The van der Waals surface area contributed by atoms with E-state index in [0.717, 1.165) is 12.8 Å². The first kappa shape index (κ1) is 19.7. The molecule has 1 aromatic heterocycles. The summed E-state index contributed by atoms with van der Waals surface area (Å²) >= 11 is 0. The Hall–Kier alpha value is -2.60. The van der Waals surface area contributed by atoms with Gasteiger partial charge in [-0.3, -0.25) is 10.1 Å². The lowest BCUT2D eigenvalue weighted by molar-refractivity contribution is -0.384. The van der Waals surface area contributed by atoms with Gasteiger partial charge in [0.15, 0.2) is 11.6 Å². The summed E-state index contributed by atoms with van der Waals surface area (Å²) in [4.78, 5) is 24.4. The second kappa shape index (κ2) is 7.67. The molecule has 0 spiro atoms. The predicted octanol–water partition coefficient (Wildman–Crippen LogP) is -0.733. The van der Waals surface area contributed by atoms with Crippen LogP contribution in [0.15, 0.2) is 18.2 Å². The Kier molecular flexibility index (Phi) is 5.21. The maximum atomic E-state index is 11.2. The van der Waals surface area contributed by atoms with Gasteiger partial charge in [-0.25, -0.2) is 9.97 Å². The van der Waals surface area contributed by atoms with Crippen LogP contribution >= 0.6 is 0 Å². The van der Waals surface area contributed by atoms with E-state index in [9.17, 15) is 10.1 Å². The lowest BCUT2D eigenvalue weighted by atomic mass is 10.0.